The molecule has 0 aliphatic carbocycles. The zero-order valence-electron chi connectivity index (χ0n) is 30.3. The second kappa shape index (κ2) is 12.4. The van der Waals surface area contributed by atoms with E-state index in [1.54, 1.807) is 11.0 Å². The van der Waals surface area contributed by atoms with Gasteiger partial charge in [0.25, 0.3) is 0 Å². The first-order chi connectivity index (χ1) is 20.9. The second-order valence-corrected chi connectivity index (χ2v) is 40.0. The van der Waals surface area contributed by atoms with E-state index < -0.39 is 35.1 Å². The summed E-state index contributed by atoms with van der Waals surface area (Å²) in [6.45, 7) is 33.8. The van der Waals surface area contributed by atoms with Crippen LogP contribution in [0.5, 0.6) is 0 Å². The van der Waals surface area contributed by atoms with E-state index in [1.807, 2.05) is 6.42 Å². The topological polar surface area (TPSA) is 6.48 Å². The van der Waals surface area contributed by atoms with Crippen LogP contribution >= 0.6 is 0 Å². The van der Waals surface area contributed by atoms with Crippen LogP contribution in [-0.4, -0.2) is 72.2 Å². The molecule has 3 aromatic carbocycles. The van der Waals surface area contributed by atoms with Gasteiger partial charge in [-0.05, 0) is 0 Å². The molecule has 6 heteroatoms. The van der Waals surface area contributed by atoms with E-state index in [2.05, 4.69) is 178 Å². The monoisotopic (exact) mass is 740 g/mol. The Balaban J connectivity index is 2.12. The van der Waals surface area contributed by atoms with Crippen LogP contribution in [0.1, 0.15) is 53.5 Å². The molecule has 2 nitrogen and oxygen atoms in total. The molecule has 0 amide bonds. The molecule has 1 spiro atoms. The molecule has 2 aliphatic heterocycles. The molecule has 1 fully saturated rings. The van der Waals surface area contributed by atoms with E-state index >= 15 is 0 Å². The van der Waals surface area contributed by atoms with Crippen molar-refractivity contribution >= 4 is 58.3 Å². The molecule has 2 heterocycles. The maximum absolute atomic E-state index is 3.89. The third-order valence-corrected chi connectivity index (χ3v) is 45.8. The Hall–Kier alpha value is -1.64. The summed E-state index contributed by atoms with van der Waals surface area (Å²) < 4.78 is 10.2. The first-order valence-electron chi connectivity index (χ1n) is 17.1. The van der Waals surface area contributed by atoms with Crippen LogP contribution in [-0.2, 0) is 0 Å². The van der Waals surface area contributed by atoms with Crippen LogP contribution in [0.15, 0.2) is 103 Å². The molecule has 0 aromatic heterocycles. The molecule has 238 valence electrons. The molecule has 0 bridgehead atoms. The summed E-state index contributed by atoms with van der Waals surface area (Å²) in [6.07, 6.45) is 1.24. The summed E-state index contributed by atoms with van der Waals surface area (Å²) in [7, 11) is -3.85. The van der Waals surface area contributed by atoms with Crippen molar-refractivity contribution in [1.29, 1.82) is 0 Å². The van der Waals surface area contributed by atoms with E-state index in [0.29, 0.717) is 0 Å². The molecule has 1 saturated heterocycles. The van der Waals surface area contributed by atoms with Gasteiger partial charge >= 0.3 is 284 Å². The number of benzene rings is 3. The van der Waals surface area contributed by atoms with Gasteiger partial charge in [0.15, 0.2) is 0 Å². The zero-order valence-corrected chi connectivity index (χ0v) is 35.1. The predicted molar refractivity (Wildman–Crippen MR) is 208 cm³/mol. The third-order valence-electron chi connectivity index (χ3n) is 9.77. The van der Waals surface area contributed by atoms with Crippen LogP contribution in [0, 0.1) is 0 Å². The minimum atomic E-state index is -3.89. The quantitative estimate of drug-likeness (QED) is 0.234. The zero-order chi connectivity index (χ0) is 33.0. The van der Waals surface area contributed by atoms with Crippen LogP contribution in [0.3, 0.4) is 0 Å². The predicted octanol–water partition coefficient (Wildman–Crippen LogP) is 8.48. The minimum absolute atomic E-state index is 0.0715. The van der Waals surface area contributed by atoms with Crippen molar-refractivity contribution in [2.45, 2.75) is 98.3 Å². The summed E-state index contributed by atoms with van der Waals surface area (Å²) in [5.41, 5.74) is 7.72. The second-order valence-electron chi connectivity index (χ2n) is 17.3. The number of hydrogen-bond donors (Lipinski definition) is 0. The molecule has 45 heavy (non-hydrogen) atoms. The number of nitrogens with zero attached hydrogens (tertiary/aromatic N) is 2. The van der Waals surface area contributed by atoms with Gasteiger partial charge in [0.05, 0.1) is 0 Å². The van der Waals surface area contributed by atoms with Gasteiger partial charge in [-0.2, -0.15) is 0 Å². The Morgan fingerprint density at radius 1 is 0.556 bits per heavy atom. The van der Waals surface area contributed by atoms with E-state index in [4.69, 9.17) is 0 Å². The van der Waals surface area contributed by atoms with Crippen molar-refractivity contribution < 1.29 is 0 Å². The van der Waals surface area contributed by atoms with Gasteiger partial charge in [-0.25, -0.2) is 0 Å². The first-order valence-corrected chi connectivity index (χ1v) is 29.5. The van der Waals surface area contributed by atoms with Crippen LogP contribution in [0.2, 0.25) is 39.3 Å². The molecular formula is C39H57BN2Si2Sn. The maximum atomic E-state index is 3.18. The third kappa shape index (κ3) is 6.33. The van der Waals surface area contributed by atoms with E-state index in [-0.39, 0.29) is 17.8 Å². The summed E-state index contributed by atoms with van der Waals surface area (Å²) >= 11 is -3.89. The summed E-state index contributed by atoms with van der Waals surface area (Å²) in [5, 5.41) is 0. The normalized spacial score (nSPS) is 18.7. The number of rotatable bonds is 6. The van der Waals surface area contributed by atoms with Gasteiger partial charge < -0.3 is 0 Å². The van der Waals surface area contributed by atoms with Crippen molar-refractivity contribution in [3.05, 3.63) is 108 Å². The Morgan fingerprint density at radius 2 is 0.933 bits per heavy atom. The van der Waals surface area contributed by atoms with Crippen molar-refractivity contribution in [1.82, 2.24) is 6.24 Å². The fraction of sp³-hybridized carbons (Fsp3) is 0.436. The van der Waals surface area contributed by atoms with Crippen LogP contribution in [0.4, 0.5) is 0 Å². The molecule has 0 unspecified atom stereocenters. The van der Waals surface area contributed by atoms with E-state index in [1.165, 1.54) is 36.0 Å². The Kier molecular flexibility index (Phi) is 9.58. The van der Waals surface area contributed by atoms with Crippen LogP contribution in [0.25, 0.3) is 5.57 Å². The van der Waals surface area contributed by atoms with Gasteiger partial charge in [0.1, 0.15) is 0 Å². The van der Waals surface area contributed by atoms with Crippen molar-refractivity contribution in [2.24, 2.45) is 0 Å². The molecule has 0 saturated carbocycles. The molecule has 0 N–H and O–H groups in total. The van der Waals surface area contributed by atoms with Gasteiger partial charge in [0, 0.05) is 0 Å². The van der Waals surface area contributed by atoms with Crippen molar-refractivity contribution in [2.75, 3.05) is 13.1 Å². The van der Waals surface area contributed by atoms with Crippen LogP contribution < -0.4 is 10.9 Å². The summed E-state index contributed by atoms with van der Waals surface area (Å²) in [6, 6.07) is 34.6. The SMILES string of the molecule is CC(C)(C)[N]1CCC[N](C(C)(C)C)[Sn]12[C]([Si](C)(C)C)=C(B(c1ccccc1)c1ccccc1)C(c1ccccc1)=[C]2[Si](C)(C)C. The van der Waals surface area contributed by atoms with Gasteiger partial charge in [-0.1, -0.05) is 0 Å². The number of allylic oxidation sites excluding steroid dienone is 2. The fourth-order valence-electron chi connectivity index (χ4n) is 8.62. The van der Waals surface area contributed by atoms with Crippen molar-refractivity contribution in [3.63, 3.8) is 0 Å². The fourth-order valence-corrected chi connectivity index (χ4v) is 53.4. The average molecular weight is 740 g/mol. The summed E-state index contributed by atoms with van der Waals surface area (Å²) in [4.78, 5) is 0. The average Bonchev–Trinajstić information content (AvgIpc) is 3.25. The number of hydrogen-bond acceptors (Lipinski definition) is 2. The van der Waals surface area contributed by atoms with E-state index in [9.17, 15) is 0 Å². The molecule has 5 rings (SSSR count). The molecule has 3 aromatic rings. The Morgan fingerprint density at radius 3 is 1.29 bits per heavy atom. The summed E-state index contributed by atoms with van der Waals surface area (Å²) in [5.74, 6) is 0. The standard InChI is InChI=1S/C28H33BSi2.C11H24N2.Sn/c1-30(2,3)22-27(24-16-10-7-11-17-24)28(23-31(4,5)6)29(25-18-12-8-13-19-25)26-20-14-9-15-21-26;1-10(2,3)12-8-7-9-13-11(4,5)6;/h7-21H,1-6H3;7-9H2,1-6H3;/q;-2;+2. The van der Waals surface area contributed by atoms with Gasteiger partial charge in [-0.15, -0.1) is 0 Å². The van der Waals surface area contributed by atoms with Gasteiger partial charge in [0.2, 0.25) is 0 Å². The van der Waals surface area contributed by atoms with E-state index in [0.717, 1.165) is 0 Å². The Labute approximate surface area is 282 Å². The Bertz CT molecular complexity index is 1500. The molecule has 0 atom stereocenters. The first kappa shape index (κ1) is 34.7. The van der Waals surface area contributed by atoms with Crippen molar-refractivity contribution in [3.8, 4) is 0 Å². The van der Waals surface area contributed by atoms with Gasteiger partial charge in [-0.3, -0.25) is 0 Å². The molecule has 0 radical (unpaired) electrons. The molecule has 2 aliphatic rings. The molecular weight excluding hydrogens is 682 g/mol.